The molecule has 0 aliphatic heterocycles. The smallest absolute Gasteiger partial charge is 0.327 e. The van der Waals surface area contributed by atoms with Crippen LogP contribution in [0.3, 0.4) is 0 Å². The highest BCUT2D eigenvalue weighted by Gasteiger charge is 2.26. The van der Waals surface area contributed by atoms with Crippen LogP contribution in [-0.4, -0.2) is 15.0 Å². The van der Waals surface area contributed by atoms with E-state index in [0.717, 1.165) is 6.20 Å². The van der Waals surface area contributed by atoms with E-state index in [9.17, 15) is 18.9 Å². The van der Waals surface area contributed by atoms with Crippen molar-refractivity contribution in [1.29, 1.82) is 0 Å². The minimum Gasteiger partial charge on any atom is -0.501 e. The summed E-state index contributed by atoms with van der Waals surface area (Å²) in [6, 6.07) is 0. The fourth-order valence-corrected chi connectivity index (χ4v) is 1.41. The molecule has 76 valence electrons. The summed E-state index contributed by atoms with van der Waals surface area (Å²) in [6.07, 6.45) is -2.12. The third-order valence-corrected chi connectivity index (χ3v) is 2.19. The summed E-state index contributed by atoms with van der Waals surface area (Å²) in [6.45, 7) is 0. The fraction of sp³-hybridized carbons (Fsp3) is 0.167. The molecule has 8 heteroatoms. The van der Waals surface area contributed by atoms with Crippen molar-refractivity contribution in [3.63, 3.8) is 0 Å². The van der Waals surface area contributed by atoms with Gasteiger partial charge in [0.2, 0.25) is 5.75 Å². The average Bonchev–Trinajstić information content (AvgIpc) is 2.02. The van der Waals surface area contributed by atoms with Crippen molar-refractivity contribution in [3.05, 3.63) is 25.6 Å². The van der Waals surface area contributed by atoms with E-state index in [1.165, 1.54) is 22.6 Å². The van der Waals surface area contributed by atoms with E-state index in [0.29, 0.717) is 0 Å². The predicted molar refractivity (Wildman–Crippen MR) is 50.2 cm³/mol. The lowest BCUT2D eigenvalue weighted by Crippen LogP contribution is -1.98. The van der Waals surface area contributed by atoms with Crippen LogP contribution in [0.5, 0.6) is 5.75 Å². The zero-order chi connectivity index (χ0) is 10.9. The molecule has 0 aliphatic carbocycles. The Bertz CT molecular complexity index is 386. The molecule has 0 fully saturated rings. The van der Waals surface area contributed by atoms with E-state index in [-0.39, 0.29) is 3.57 Å². The van der Waals surface area contributed by atoms with Gasteiger partial charge in [-0.25, -0.2) is 13.8 Å². The Labute approximate surface area is 90.1 Å². The number of nitrogens with zero attached hydrogens (tertiary/aromatic N) is 2. The molecule has 1 aromatic heterocycles. The van der Waals surface area contributed by atoms with Gasteiger partial charge in [-0.3, -0.25) is 10.1 Å². The van der Waals surface area contributed by atoms with Gasteiger partial charge in [0.25, 0.3) is 6.43 Å². The van der Waals surface area contributed by atoms with Crippen LogP contribution in [-0.2, 0) is 0 Å². The zero-order valence-corrected chi connectivity index (χ0v) is 8.60. The van der Waals surface area contributed by atoms with E-state index >= 15 is 0 Å². The van der Waals surface area contributed by atoms with Gasteiger partial charge in [0.15, 0.2) is 5.69 Å². The molecule has 1 N–H and O–H groups in total. The zero-order valence-electron chi connectivity index (χ0n) is 6.45. The molecule has 0 saturated heterocycles. The van der Waals surface area contributed by atoms with Crippen molar-refractivity contribution in [2.45, 2.75) is 6.43 Å². The highest BCUT2D eigenvalue weighted by atomic mass is 127. The summed E-state index contributed by atoms with van der Waals surface area (Å²) < 4.78 is 24.3. The minimum atomic E-state index is -3.04. The standard InChI is InChI=1S/C6H3F2IN2O3/c7-6(8)3-5(12)4(11(13)14)2(9)1-10-3/h1,6,12H. The monoisotopic (exact) mass is 316 g/mol. The van der Waals surface area contributed by atoms with E-state index < -0.39 is 28.5 Å². The second-order valence-corrected chi connectivity index (χ2v) is 3.41. The molecule has 0 radical (unpaired) electrons. The summed E-state index contributed by atoms with van der Waals surface area (Å²) in [5.41, 5.74) is -1.71. The number of nitro groups is 1. The van der Waals surface area contributed by atoms with Gasteiger partial charge in [0.1, 0.15) is 3.57 Å². The highest BCUT2D eigenvalue weighted by molar-refractivity contribution is 14.1. The van der Waals surface area contributed by atoms with Crippen molar-refractivity contribution < 1.29 is 18.8 Å². The maximum Gasteiger partial charge on any atom is 0.327 e. The van der Waals surface area contributed by atoms with Gasteiger partial charge in [-0.2, -0.15) is 0 Å². The molecule has 0 bridgehead atoms. The van der Waals surface area contributed by atoms with E-state index in [2.05, 4.69) is 4.98 Å². The number of hydrogen-bond acceptors (Lipinski definition) is 4. The number of alkyl halides is 2. The molecule has 0 spiro atoms. The number of halogens is 3. The second kappa shape index (κ2) is 3.98. The summed E-state index contributed by atoms with van der Waals surface area (Å²) in [4.78, 5) is 12.7. The normalized spacial score (nSPS) is 10.6. The number of aromatic nitrogens is 1. The topological polar surface area (TPSA) is 76.3 Å². The van der Waals surface area contributed by atoms with Crippen LogP contribution in [0.2, 0.25) is 0 Å². The average molecular weight is 316 g/mol. The van der Waals surface area contributed by atoms with Crippen LogP contribution in [0.1, 0.15) is 12.1 Å². The molecular formula is C6H3F2IN2O3. The van der Waals surface area contributed by atoms with Gasteiger partial charge in [0.05, 0.1) is 4.92 Å². The summed E-state index contributed by atoms with van der Waals surface area (Å²) in [5, 5.41) is 19.5. The van der Waals surface area contributed by atoms with Crippen LogP contribution in [0.4, 0.5) is 14.5 Å². The van der Waals surface area contributed by atoms with Gasteiger partial charge in [-0.15, -0.1) is 0 Å². The molecule has 0 atom stereocenters. The van der Waals surface area contributed by atoms with Gasteiger partial charge in [0, 0.05) is 6.20 Å². The molecule has 0 aromatic carbocycles. The van der Waals surface area contributed by atoms with Crippen LogP contribution in [0, 0.1) is 13.7 Å². The fourth-order valence-electron chi connectivity index (χ4n) is 0.816. The Morgan fingerprint density at radius 2 is 2.21 bits per heavy atom. The van der Waals surface area contributed by atoms with Crippen LogP contribution >= 0.6 is 22.6 Å². The Balaban J connectivity index is 3.41. The molecule has 0 unspecified atom stereocenters. The van der Waals surface area contributed by atoms with Crippen LogP contribution in [0.15, 0.2) is 6.20 Å². The lowest BCUT2D eigenvalue weighted by Gasteiger charge is -2.03. The highest BCUT2D eigenvalue weighted by Crippen LogP contribution is 2.36. The maximum absolute atomic E-state index is 12.2. The molecule has 1 rings (SSSR count). The first-order chi connectivity index (χ1) is 6.45. The van der Waals surface area contributed by atoms with Gasteiger partial charge < -0.3 is 5.11 Å². The number of hydrogen-bond donors (Lipinski definition) is 1. The number of rotatable bonds is 2. The lowest BCUT2D eigenvalue weighted by atomic mass is 10.3. The molecule has 14 heavy (non-hydrogen) atoms. The van der Waals surface area contributed by atoms with Gasteiger partial charge >= 0.3 is 5.69 Å². The predicted octanol–water partition coefficient (Wildman–Crippen LogP) is 2.24. The third kappa shape index (κ3) is 1.89. The van der Waals surface area contributed by atoms with Crippen molar-refractivity contribution in [3.8, 4) is 5.75 Å². The van der Waals surface area contributed by atoms with Crippen molar-refractivity contribution in [2.24, 2.45) is 0 Å². The Morgan fingerprint density at radius 1 is 1.64 bits per heavy atom. The van der Waals surface area contributed by atoms with Crippen molar-refractivity contribution >= 4 is 28.3 Å². The maximum atomic E-state index is 12.2. The summed E-state index contributed by atoms with van der Waals surface area (Å²) in [5.74, 6) is -1.07. The lowest BCUT2D eigenvalue weighted by molar-refractivity contribution is -0.387. The van der Waals surface area contributed by atoms with E-state index in [1.54, 1.807) is 0 Å². The van der Waals surface area contributed by atoms with E-state index in [1.807, 2.05) is 0 Å². The first-order valence-corrected chi connectivity index (χ1v) is 4.33. The van der Waals surface area contributed by atoms with Gasteiger partial charge in [-0.05, 0) is 22.6 Å². The second-order valence-electron chi connectivity index (χ2n) is 2.25. The summed E-state index contributed by atoms with van der Waals surface area (Å²) in [7, 11) is 0. The Morgan fingerprint density at radius 3 is 2.64 bits per heavy atom. The molecule has 5 nitrogen and oxygen atoms in total. The molecule has 1 aromatic rings. The first-order valence-electron chi connectivity index (χ1n) is 3.25. The largest absolute Gasteiger partial charge is 0.501 e. The number of aromatic hydroxyl groups is 1. The SMILES string of the molecule is O=[N+]([O-])c1c(I)cnc(C(F)F)c1O. The molecule has 0 saturated carbocycles. The first kappa shape index (κ1) is 11.0. The third-order valence-electron chi connectivity index (χ3n) is 1.40. The van der Waals surface area contributed by atoms with Crippen LogP contribution < -0.4 is 0 Å². The molecule has 1 heterocycles. The molecular weight excluding hydrogens is 313 g/mol. The number of pyridine rings is 1. The minimum absolute atomic E-state index is 0.00880. The Hall–Kier alpha value is -1.06. The summed E-state index contributed by atoms with van der Waals surface area (Å²) >= 11 is 1.53. The van der Waals surface area contributed by atoms with Crippen molar-refractivity contribution in [1.82, 2.24) is 4.98 Å². The van der Waals surface area contributed by atoms with Crippen LogP contribution in [0.25, 0.3) is 0 Å². The Kier molecular flexibility index (Phi) is 3.13. The van der Waals surface area contributed by atoms with E-state index in [4.69, 9.17) is 5.11 Å². The van der Waals surface area contributed by atoms with Gasteiger partial charge in [-0.1, -0.05) is 0 Å². The quantitative estimate of drug-likeness (QED) is 0.516. The van der Waals surface area contributed by atoms with Crippen molar-refractivity contribution in [2.75, 3.05) is 0 Å². The molecule has 0 aliphatic rings. The molecule has 0 amide bonds.